The van der Waals surface area contributed by atoms with Crippen molar-refractivity contribution in [1.82, 2.24) is 0 Å². The Labute approximate surface area is 164 Å². The van der Waals surface area contributed by atoms with E-state index < -0.39 is 0 Å². The van der Waals surface area contributed by atoms with E-state index in [-0.39, 0.29) is 0 Å². The maximum absolute atomic E-state index is 6.31. The first-order valence-corrected chi connectivity index (χ1v) is 12.4. The SMILES string of the molecule is CCCCCCCO[C@@H]1CCC2C(CCC3C[C@H](CCCC)CCC32)C1. The van der Waals surface area contributed by atoms with Crippen molar-refractivity contribution in [1.29, 1.82) is 0 Å². The number of fused-ring (bicyclic) bond motifs is 3. The molecule has 0 bridgehead atoms. The van der Waals surface area contributed by atoms with Crippen LogP contribution in [0.2, 0.25) is 0 Å². The van der Waals surface area contributed by atoms with Crippen molar-refractivity contribution < 1.29 is 4.74 Å². The van der Waals surface area contributed by atoms with E-state index in [2.05, 4.69) is 13.8 Å². The Hall–Kier alpha value is -0.0400. The lowest BCUT2D eigenvalue weighted by Crippen LogP contribution is -2.42. The summed E-state index contributed by atoms with van der Waals surface area (Å²) in [5, 5.41) is 0. The summed E-state index contributed by atoms with van der Waals surface area (Å²) in [7, 11) is 0. The summed E-state index contributed by atoms with van der Waals surface area (Å²) in [6, 6.07) is 0. The standard InChI is InChI=1S/C25H46O/c1-3-5-7-8-9-17-26-23-14-16-25-22(19-23)13-12-21-18-20(10-6-4-2)11-15-24(21)25/h20-25H,3-19H2,1-2H3/t20-,21?,22?,23-,24?,25?/m1/s1. The second-order valence-electron chi connectivity index (χ2n) is 9.97. The normalized spacial score (nSPS) is 37.2. The lowest BCUT2D eigenvalue weighted by atomic mass is 9.56. The maximum atomic E-state index is 6.31. The Morgan fingerprint density at radius 3 is 2.12 bits per heavy atom. The summed E-state index contributed by atoms with van der Waals surface area (Å²) in [6.07, 6.45) is 23.7. The second kappa shape index (κ2) is 11.1. The van der Waals surface area contributed by atoms with Crippen molar-refractivity contribution in [2.45, 2.75) is 123 Å². The first kappa shape index (κ1) is 20.7. The zero-order valence-corrected chi connectivity index (χ0v) is 17.9. The van der Waals surface area contributed by atoms with E-state index in [1.165, 1.54) is 83.5 Å². The fourth-order valence-electron chi connectivity index (χ4n) is 6.71. The van der Waals surface area contributed by atoms with Crippen LogP contribution in [-0.4, -0.2) is 12.7 Å². The lowest BCUT2D eigenvalue weighted by molar-refractivity contribution is -0.0539. The molecule has 26 heavy (non-hydrogen) atoms. The molecule has 0 aliphatic heterocycles. The summed E-state index contributed by atoms with van der Waals surface area (Å²) in [4.78, 5) is 0. The van der Waals surface area contributed by atoms with E-state index >= 15 is 0 Å². The first-order valence-electron chi connectivity index (χ1n) is 12.4. The van der Waals surface area contributed by atoms with Crippen molar-refractivity contribution >= 4 is 0 Å². The third-order valence-electron chi connectivity index (χ3n) is 8.17. The largest absolute Gasteiger partial charge is 0.378 e. The Morgan fingerprint density at radius 1 is 0.654 bits per heavy atom. The molecule has 0 aromatic heterocycles. The van der Waals surface area contributed by atoms with Gasteiger partial charge in [-0.1, -0.05) is 65.2 Å². The molecule has 0 aromatic carbocycles. The minimum Gasteiger partial charge on any atom is -0.378 e. The Kier molecular flexibility index (Phi) is 8.82. The molecule has 1 nitrogen and oxygen atoms in total. The van der Waals surface area contributed by atoms with Gasteiger partial charge in [0.1, 0.15) is 0 Å². The van der Waals surface area contributed by atoms with E-state index in [4.69, 9.17) is 4.74 Å². The molecule has 0 aromatic rings. The Bertz CT molecular complexity index is 378. The molecular weight excluding hydrogens is 316 g/mol. The highest BCUT2D eigenvalue weighted by molar-refractivity contribution is 4.94. The van der Waals surface area contributed by atoms with Crippen LogP contribution in [0.1, 0.15) is 117 Å². The fourth-order valence-corrected chi connectivity index (χ4v) is 6.71. The number of rotatable bonds is 10. The van der Waals surface area contributed by atoms with Crippen LogP contribution in [0.3, 0.4) is 0 Å². The molecule has 3 fully saturated rings. The predicted molar refractivity (Wildman–Crippen MR) is 112 cm³/mol. The van der Waals surface area contributed by atoms with Crippen LogP contribution in [-0.2, 0) is 4.74 Å². The van der Waals surface area contributed by atoms with E-state index in [0.29, 0.717) is 6.10 Å². The van der Waals surface area contributed by atoms with Crippen LogP contribution in [0.4, 0.5) is 0 Å². The van der Waals surface area contributed by atoms with Crippen LogP contribution in [0.25, 0.3) is 0 Å². The van der Waals surface area contributed by atoms with Gasteiger partial charge in [-0.05, 0) is 81.0 Å². The Balaban J connectivity index is 1.37. The van der Waals surface area contributed by atoms with Crippen LogP contribution >= 0.6 is 0 Å². The second-order valence-corrected chi connectivity index (χ2v) is 9.97. The van der Waals surface area contributed by atoms with Crippen molar-refractivity contribution in [3.05, 3.63) is 0 Å². The molecule has 0 heterocycles. The minimum absolute atomic E-state index is 0.597. The summed E-state index contributed by atoms with van der Waals surface area (Å²) in [5.74, 6) is 5.30. The molecule has 0 spiro atoms. The quantitative estimate of drug-likeness (QED) is 0.360. The molecule has 3 aliphatic rings. The number of unbranched alkanes of at least 4 members (excludes halogenated alkanes) is 5. The monoisotopic (exact) mass is 362 g/mol. The van der Waals surface area contributed by atoms with Gasteiger partial charge in [0.05, 0.1) is 6.10 Å². The smallest absolute Gasteiger partial charge is 0.0578 e. The van der Waals surface area contributed by atoms with Crippen LogP contribution in [0.5, 0.6) is 0 Å². The lowest BCUT2D eigenvalue weighted by Gasteiger charge is -2.50. The zero-order valence-electron chi connectivity index (χ0n) is 17.9. The molecular formula is C25H46O. The third-order valence-corrected chi connectivity index (χ3v) is 8.17. The molecule has 3 saturated carbocycles. The Morgan fingerprint density at radius 2 is 1.35 bits per heavy atom. The summed E-state index contributed by atoms with van der Waals surface area (Å²) in [6.45, 7) is 5.67. The molecule has 1 heteroatoms. The first-order chi connectivity index (χ1) is 12.8. The fraction of sp³-hybridized carbons (Fsp3) is 1.00. The average molecular weight is 363 g/mol. The highest BCUT2D eigenvalue weighted by Crippen LogP contribution is 2.53. The topological polar surface area (TPSA) is 9.23 Å². The molecule has 0 saturated heterocycles. The van der Waals surface area contributed by atoms with Crippen LogP contribution in [0.15, 0.2) is 0 Å². The van der Waals surface area contributed by atoms with Gasteiger partial charge in [-0.25, -0.2) is 0 Å². The third kappa shape index (κ3) is 5.73. The minimum atomic E-state index is 0.597. The zero-order chi connectivity index (χ0) is 18.2. The van der Waals surface area contributed by atoms with Gasteiger partial charge in [0.25, 0.3) is 0 Å². The molecule has 0 N–H and O–H groups in total. The van der Waals surface area contributed by atoms with Crippen molar-refractivity contribution in [2.75, 3.05) is 6.61 Å². The molecule has 0 amide bonds. The maximum Gasteiger partial charge on any atom is 0.0578 e. The van der Waals surface area contributed by atoms with Gasteiger partial charge in [-0.2, -0.15) is 0 Å². The van der Waals surface area contributed by atoms with Gasteiger partial charge < -0.3 is 4.74 Å². The van der Waals surface area contributed by atoms with Crippen LogP contribution in [0, 0.1) is 29.6 Å². The summed E-state index contributed by atoms with van der Waals surface area (Å²) >= 11 is 0. The van der Waals surface area contributed by atoms with Crippen molar-refractivity contribution in [3.8, 4) is 0 Å². The molecule has 6 atom stereocenters. The number of hydrogen-bond donors (Lipinski definition) is 0. The number of ether oxygens (including phenoxy) is 1. The van der Waals surface area contributed by atoms with E-state index in [1.54, 1.807) is 19.3 Å². The van der Waals surface area contributed by atoms with Gasteiger partial charge in [0.15, 0.2) is 0 Å². The van der Waals surface area contributed by atoms with Gasteiger partial charge in [-0.15, -0.1) is 0 Å². The van der Waals surface area contributed by atoms with Crippen molar-refractivity contribution in [3.63, 3.8) is 0 Å². The summed E-state index contributed by atoms with van der Waals surface area (Å²) < 4.78 is 6.31. The van der Waals surface area contributed by atoms with E-state index in [1.807, 2.05) is 0 Å². The molecule has 0 radical (unpaired) electrons. The predicted octanol–water partition coefficient (Wildman–Crippen LogP) is 7.77. The van der Waals surface area contributed by atoms with E-state index in [0.717, 1.165) is 36.2 Å². The van der Waals surface area contributed by atoms with Gasteiger partial charge in [0, 0.05) is 6.61 Å². The highest BCUT2D eigenvalue weighted by Gasteiger charge is 2.44. The van der Waals surface area contributed by atoms with Gasteiger partial charge in [0.2, 0.25) is 0 Å². The molecule has 4 unspecified atom stereocenters. The molecule has 152 valence electrons. The van der Waals surface area contributed by atoms with E-state index in [9.17, 15) is 0 Å². The van der Waals surface area contributed by atoms with Gasteiger partial charge >= 0.3 is 0 Å². The highest BCUT2D eigenvalue weighted by atomic mass is 16.5. The number of hydrogen-bond acceptors (Lipinski definition) is 1. The van der Waals surface area contributed by atoms with Gasteiger partial charge in [-0.3, -0.25) is 0 Å². The molecule has 3 rings (SSSR count). The molecule has 3 aliphatic carbocycles. The summed E-state index contributed by atoms with van der Waals surface area (Å²) in [5.41, 5.74) is 0. The van der Waals surface area contributed by atoms with Crippen LogP contribution < -0.4 is 0 Å². The average Bonchev–Trinajstić information content (AvgIpc) is 2.68. The van der Waals surface area contributed by atoms with Crippen molar-refractivity contribution in [2.24, 2.45) is 29.6 Å².